The minimum absolute atomic E-state index is 0.0421. The zero-order valence-corrected chi connectivity index (χ0v) is 18.9. The van der Waals surface area contributed by atoms with Crippen LogP contribution in [0.25, 0.3) is 0 Å². The van der Waals surface area contributed by atoms with Crippen LogP contribution in [-0.4, -0.2) is 37.0 Å². The molecule has 2 heterocycles. The molecule has 0 spiro atoms. The first-order valence-corrected chi connectivity index (χ1v) is 11.1. The van der Waals surface area contributed by atoms with E-state index in [2.05, 4.69) is 20.5 Å². The maximum Gasteiger partial charge on any atom is 0.255 e. The van der Waals surface area contributed by atoms with Crippen molar-refractivity contribution >= 4 is 29.0 Å². The van der Waals surface area contributed by atoms with Gasteiger partial charge in [-0.3, -0.25) is 9.59 Å². The maximum absolute atomic E-state index is 12.8. The number of nitrogens with zero attached hydrogens (tertiary/aromatic N) is 2. The Morgan fingerprint density at radius 3 is 2.45 bits per heavy atom. The van der Waals surface area contributed by atoms with Crippen LogP contribution < -0.4 is 20.3 Å². The van der Waals surface area contributed by atoms with Crippen LogP contribution >= 0.6 is 0 Å². The molecule has 1 aliphatic rings. The number of carbonyl (C=O) groups excluding carboxylic acids is 2. The first-order chi connectivity index (χ1) is 16.0. The second-order valence-corrected chi connectivity index (χ2v) is 8.17. The lowest BCUT2D eigenvalue weighted by Crippen LogP contribution is -2.38. The number of amides is 2. The fraction of sp³-hybridized carbons (Fsp3) is 0.269. The fourth-order valence-electron chi connectivity index (χ4n) is 3.93. The predicted molar refractivity (Wildman–Crippen MR) is 130 cm³/mol. The van der Waals surface area contributed by atoms with Crippen LogP contribution in [0.15, 0.2) is 66.9 Å². The van der Waals surface area contributed by atoms with Gasteiger partial charge in [0.2, 0.25) is 5.91 Å². The number of para-hydroxylation sites is 2. The van der Waals surface area contributed by atoms with E-state index in [0.29, 0.717) is 30.1 Å². The minimum Gasteiger partial charge on any atom is -0.495 e. The highest BCUT2D eigenvalue weighted by Crippen LogP contribution is 2.26. The molecule has 2 aromatic carbocycles. The molecule has 0 atom stereocenters. The summed E-state index contributed by atoms with van der Waals surface area (Å²) >= 11 is 0. The molecule has 170 valence electrons. The summed E-state index contributed by atoms with van der Waals surface area (Å²) in [6.07, 6.45) is 3.11. The Bertz CT molecular complexity index is 1120. The van der Waals surface area contributed by atoms with Gasteiger partial charge in [0.25, 0.3) is 5.91 Å². The molecule has 0 bridgehead atoms. The lowest BCUT2D eigenvalue weighted by Gasteiger charge is -2.32. The Morgan fingerprint density at radius 2 is 1.73 bits per heavy atom. The normalized spacial score (nSPS) is 13.9. The SMILES string of the molecule is COc1ccccc1NC(=O)c1ccnc(N2CCC(C(=O)Nc3ccc(C)cc3)CC2)c1. The van der Waals surface area contributed by atoms with Crippen molar-refractivity contribution < 1.29 is 14.3 Å². The van der Waals surface area contributed by atoms with Crippen LogP contribution in [0.1, 0.15) is 28.8 Å². The molecule has 7 heteroatoms. The summed E-state index contributed by atoms with van der Waals surface area (Å²) in [6, 6.07) is 18.6. The number of hydrogen-bond donors (Lipinski definition) is 2. The van der Waals surface area contributed by atoms with Gasteiger partial charge in [-0.15, -0.1) is 0 Å². The van der Waals surface area contributed by atoms with E-state index >= 15 is 0 Å². The number of aryl methyl sites for hydroxylation is 1. The second-order valence-electron chi connectivity index (χ2n) is 8.17. The van der Waals surface area contributed by atoms with Crippen LogP contribution in [0.5, 0.6) is 5.75 Å². The number of rotatable bonds is 6. The Hall–Kier alpha value is -3.87. The summed E-state index contributed by atoms with van der Waals surface area (Å²) in [5, 5.41) is 5.91. The van der Waals surface area contributed by atoms with Gasteiger partial charge in [-0.05, 0) is 56.2 Å². The van der Waals surface area contributed by atoms with Crippen molar-refractivity contribution in [3.63, 3.8) is 0 Å². The summed E-state index contributed by atoms with van der Waals surface area (Å²) < 4.78 is 5.30. The van der Waals surface area contributed by atoms with E-state index in [4.69, 9.17) is 4.74 Å². The summed E-state index contributed by atoms with van der Waals surface area (Å²) in [5.41, 5.74) is 3.12. The van der Waals surface area contributed by atoms with Gasteiger partial charge in [0.1, 0.15) is 11.6 Å². The smallest absolute Gasteiger partial charge is 0.255 e. The minimum atomic E-state index is -0.226. The summed E-state index contributed by atoms with van der Waals surface area (Å²) in [5.74, 6) is 1.12. The van der Waals surface area contributed by atoms with Gasteiger partial charge in [-0.1, -0.05) is 29.8 Å². The Labute approximate surface area is 193 Å². The quantitative estimate of drug-likeness (QED) is 0.585. The lowest BCUT2D eigenvalue weighted by atomic mass is 9.95. The van der Waals surface area contributed by atoms with Crippen molar-refractivity contribution in [2.24, 2.45) is 5.92 Å². The fourth-order valence-corrected chi connectivity index (χ4v) is 3.93. The Balaban J connectivity index is 1.36. The molecule has 1 fully saturated rings. The molecule has 33 heavy (non-hydrogen) atoms. The maximum atomic E-state index is 12.8. The van der Waals surface area contributed by atoms with Gasteiger partial charge in [-0.2, -0.15) is 0 Å². The molecule has 0 aliphatic carbocycles. The monoisotopic (exact) mass is 444 g/mol. The number of ether oxygens (including phenoxy) is 1. The number of hydrogen-bond acceptors (Lipinski definition) is 5. The molecule has 4 rings (SSSR count). The molecular formula is C26H28N4O3. The second kappa shape index (κ2) is 10.2. The first-order valence-electron chi connectivity index (χ1n) is 11.1. The van der Waals surface area contributed by atoms with Gasteiger partial charge < -0.3 is 20.3 Å². The van der Waals surface area contributed by atoms with Crippen molar-refractivity contribution in [3.05, 3.63) is 78.0 Å². The zero-order chi connectivity index (χ0) is 23.2. The van der Waals surface area contributed by atoms with E-state index in [0.717, 1.165) is 29.9 Å². The number of pyridine rings is 1. The number of benzene rings is 2. The molecule has 3 aromatic rings. The van der Waals surface area contributed by atoms with Gasteiger partial charge >= 0.3 is 0 Å². The number of anilines is 3. The number of methoxy groups -OCH3 is 1. The number of carbonyl (C=O) groups is 2. The van der Waals surface area contributed by atoms with Crippen LogP contribution in [0.3, 0.4) is 0 Å². The number of nitrogens with one attached hydrogen (secondary N) is 2. The molecule has 0 radical (unpaired) electrons. The summed E-state index contributed by atoms with van der Waals surface area (Å²) in [7, 11) is 1.57. The highest BCUT2D eigenvalue weighted by atomic mass is 16.5. The highest BCUT2D eigenvalue weighted by Gasteiger charge is 2.26. The Kier molecular flexibility index (Phi) is 6.88. The molecular weight excluding hydrogens is 416 g/mol. The third kappa shape index (κ3) is 5.49. The van der Waals surface area contributed by atoms with Crippen LogP contribution in [0.4, 0.5) is 17.2 Å². The molecule has 0 saturated carbocycles. The van der Waals surface area contributed by atoms with E-state index in [-0.39, 0.29) is 17.7 Å². The molecule has 1 aromatic heterocycles. The molecule has 0 unspecified atom stereocenters. The molecule has 1 saturated heterocycles. The van der Waals surface area contributed by atoms with Gasteiger partial charge in [0.05, 0.1) is 12.8 Å². The number of aromatic nitrogens is 1. The molecule has 1 aliphatic heterocycles. The third-order valence-electron chi connectivity index (χ3n) is 5.87. The van der Waals surface area contributed by atoms with E-state index in [9.17, 15) is 9.59 Å². The van der Waals surface area contributed by atoms with Gasteiger partial charge in [0, 0.05) is 36.5 Å². The average Bonchev–Trinajstić information content (AvgIpc) is 2.86. The molecule has 7 nitrogen and oxygen atoms in total. The van der Waals surface area contributed by atoms with Crippen molar-refractivity contribution in [1.29, 1.82) is 0 Å². The van der Waals surface area contributed by atoms with E-state index in [1.165, 1.54) is 0 Å². The van der Waals surface area contributed by atoms with E-state index in [1.807, 2.05) is 43.3 Å². The Morgan fingerprint density at radius 1 is 1.00 bits per heavy atom. The van der Waals surface area contributed by atoms with Crippen molar-refractivity contribution in [3.8, 4) is 5.75 Å². The largest absolute Gasteiger partial charge is 0.495 e. The van der Waals surface area contributed by atoms with Crippen LogP contribution in [0.2, 0.25) is 0 Å². The number of piperidine rings is 1. The van der Waals surface area contributed by atoms with E-state index < -0.39 is 0 Å². The van der Waals surface area contributed by atoms with Crippen molar-refractivity contribution in [1.82, 2.24) is 4.98 Å². The highest BCUT2D eigenvalue weighted by molar-refractivity contribution is 6.05. The summed E-state index contributed by atoms with van der Waals surface area (Å²) in [6.45, 7) is 3.43. The third-order valence-corrected chi connectivity index (χ3v) is 5.87. The van der Waals surface area contributed by atoms with Gasteiger partial charge in [-0.25, -0.2) is 4.98 Å². The summed E-state index contributed by atoms with van der Waals surface area (Å²) in [4.78, 5) is 32.0. The van der Waals surface area contributed by atoms with E-state index in [1.54, 1.807) is 37.6 Å². The average molecular weight is 445 g/mol. The molecule has 2 amide bonds. The van der Waals surface area contributed by atoms with Gasteiger partial charge in [0.15, 0.2) is 0 Å². The van der Waals surface area contributed by atoms with Crippen LogP contribution in [0, 0.1) is 12.8 Å². The van der Waals surface area contributed by atoms with Crippen LogP contribution in [-0.2, 0) is 4.79 Å². The topological polar surface area (TPSA) is 83.6 Å². The molecule has 2 N–H and O–H groups in total. The van der Waals surface area contributed by atoms with Crippen molar-refractivity contribution in [2.75, 3.05) is 35.7 Å². The first kappa shape index (κ1) is 22.3. The zero-order valence-electron chi connectivity index (χ0n) is 18.9. The van der Waals surface area contributed by atoms with Crippen molar-refractivity contribution in [2.45, 2.75) is 19.8 Å². The lowest BCUT2D eigenvalue weighted by molar-refractivity contribution is -0.120. The predicted octanol–water partition coefficient (Wildman–Crippen LogP) is 4.51. The standard InChI is InChI=1S/C26H28N4O3/c1-18-7-9-21(10-8-18)28-25(31)19-12-15-30(16-13-19)24-17-20(11-14-27-24)26(32)29-22-5-3-4-6-23(22)33-2/h3-11,14,17,19H,12-13,15-16H2,1-2H3,(H,28,31)(H,29,32).